The van der Waals surface area contributed by atoms with Gasteiger partial charge in [-0.3, -0.25) is 0 Å². The normalized spacial score (nSPS) is 12.2. The molecule has 0 spiro atoms. The number of nitrogens with zero attached hydrogens (tertiary/aromatic N) is 1. The third kappa shape index (κ3) is 1.70. The maximum atomic E-state index is 13.6. The van der Waals surface area contributed by atoms with Crippen molar-refractivity contribution < 1.29 is 8.78 Å². The van der Waals surface area contributed by atoms with Crippen molar-refractivity contribution in [2.45, 2.75) is 12.3 Å². The molecule has 0 amide bonds. The SMILES string of the molecule is NCCC(F)(F)c1c[nH]c2ncccc12. The van der Waals surface area contributed by atoms with Gasteiger partial charge in [-0.1, -0.05) is 0 Å². The molecular weight excluding hydrogens is 200 g/mol. The lowest BCUT2D eigenvalue weighted by atomic mass is 10.1. The van der Waals surface area contributed by atoms with Gasteiger partial charge in [0, 0.05) is 29.8 Å². The molecule has 15 heavy (non-hydrogen) atoms. The van der Waals surface area contributed by atoms with Crippen LogP contribution in [0.1, 0.15) is 12.0 Å². The third-order valence-electron chi connectivity index (χ3n) is 2.30. The molecule has 5 heteroatoms. The first kappa shape index (κ1) is 10.0. The van der Waals surface area contributed by atoms with Crippen molar-refractivity contribution in [2.24, 2.45) is 5.73 Å². The summed E-state index contributed by atoms with van der Waals surface area (Å²) in [4.78, 5) is 6.68. The molecule has 0 aromatic carbocycles. The molecule has 3 nitrogen and oxygen atoms in total. The van der Waals surface area contributed by atoms with Crippen LogP contribution in [0.4, 0.5) is 8.78 Å². The minimum Gasteiger partial charge on any atom is -0.346 e. The Hall–Kier alpha value is -1.49. The Morgan fingerprint density at radius 2 is 2.27 bits per heavy atom. The first-order valence-corrected chi connectivity index (χ1v) is 4.65. The minimum absolute atomic E-state index is 0.0314. The monoisotopic (exact) mass is 211 g/mol. The van der Waals surface area contributed by atoms with Crippen molar-refractivity contribution in [3.05, 3.63) is 30.1 Å². The van der Waals surface area contributed by atoms with E-state index in [2.05, 4.69) is 9.97 Å². The fraction of sp³-hybridized carbons (Fsp3) is 0.300. The molecule has 0 fully saturated rings. The molecule has 80 valence electrons. The summed E-state index contributed by atoms with van der Waals surface area (Å²) >= 11 is 0. The fourth-order valence-corrected chi connectivity index (χ4v) is 1.57. The fourth-order valence-electron chi connectivity index (χ4n) is 1.57. The average molecular weight is 211 g/mol. The Balaban J connectivity index is 2.52. The number of nitrogens with two attached hydrogens (primary N) is 1. The van der Waals surface area contributed by atoms with Crippen molar-refractivity contribution in [1.29, 1.82) is 0 Å². The van der Waals surface area contributed by atoms with Crippen LogP contribution in [0.3, 0.4) is 0 Å². The van der Waals surface area contributed by atoms with E-state index in [0.29, 0.717) is 11.0 Å². The standard InChI is InChI=1S/C10H11F2N3/c11-10(12,3-4-13)8-6-15-9-7(8)2-1-5-14-9/h1-2,5-6H,3-4,13H2,(H,14,15). The van der Waals surface area contributed by atoms with Gasteiger partial charge in [0.05, 0.1) is 0 Å². The highest BCUT2D eigenvalue weighted by molar-refractivity contribution is 5.80. The van der Waals surface area contributed by atoms with E-state index in [1.165, 1.54) is 6.20 Å². The van der Waals surface area contributed by atoms with Gasteiger partial charge in [-0.25, -0.2) is 13.8 Å². The maximum absolute atomic E-state index is 13.6. The minimum atomic E-state index is -2.89. The van der Waals surface area contributed by atoms with Crippen molar-refractivity contribution in [1.82, 2.24) is 9.97 Å². The Morgan fingerprint density at radius 1 is 1.47 bits per heavy atom. The first-order valence-electron chi connectivity index (χ1n) is 4.65. The van der Waals surface area contributed by atoms with E-state index in [4.69, 9.17) is 5.73 Å². The van der Waals surface area contributed by atoms with Gasteiger partial charge in [0.2, 0.25) is 0 Å². The van der Waals surface area contributed by atoms with E-state index < -0.39 is 5.92 Å². The zero-order chi connectivity index (χ0) is 10.9. The number of fused-ring (bicyclic) bond motifs is 1. The van der Waals surface area contributed by atoms with E-state index in [-0.39, 0.29) is 18.5 Å². The van der Waals surface area contributed by atoms with Crippen LogP contribution in [0, 0.1) is 0 Å². The summed E-state index contributed by atoms with van der Waals surface area (Å²) in [5.41, 5.74) is 5.60. The van der Waals surface area contributed by atoms with E-state index in [1.807, 2.05) is 0 Å². The number of aromatic amines is 1. The van der Waals surface area contributed by atoms with Crippen molar-refractivity contribution in [3.8, 4) is 0 Å². The number of rotatable bonds is 3. The van der Waals surface area contributed by atoms with E-state index in [9.17, 15) is 8.78 Å². The lowest BCUT2D eigenvalue weighted by Crippen LogP contribution is -2.18. The Bertz CT molecular complexity index is 464. The van der Waals surface area contributed by atoms with Gasteiger partial charge >= 0.3 is 0 Å². The second kappa shape index (κ2) is 3.58. The van der Waals surface area contributed by atoms with Crippen molar-refractivity contribution >= 4 is 11.0 Å². The van der Waals surface area contributed by atoms with Gasteiger partial charge < -0.3 is 10.7 Å². The van der Waals surface area contributed by atoms with Crippen LogP contribution < -0.4 is 5.73 Å². The van der Waals surface area contributed by atoms with Crippen LogP contribution in [0.2, 0.25) is 0 Å². The highest BCUT2D eigenvalue weighted by atomic mass is 19.3. The van der Waals surface area contributed by atoms with Crippen LogP contribution in [-0.2, 0) is 5.92 Å². The zero-order valence-electron chi connectivity index (χ0n) is 8.00. The summed E-state index contributed by atoms with van der Waals surface area (Å²) < 4.78 is 27.2. The molecule has 0 saturated carbocycles. The number of hydrogen-bond acceptors (Lipinski definition) is 2. The number of halogens is 2. The quantitative estimate of drug-likeness (QED) is 0.815. The van der Waals surface area contributed by atoms with Crippen molar-refractivity contribution in [3.63, 3.8) is 0 Å². The molecule has 0 radical (unpaired) electrons. The molecule has 2 heterocycles. The molecule has 0 bridgehead atoms. The third-order valence-corrected chi connectivity index (χ3v) is 2.30. The predicted molar refractivity (Wildman–Crippen MR) is 53.7 cm³/mol. The van der Waals surface area contributed by atoms with E-state index >= 15 is 0 Å². The average Bonchev–Trinajstić information content (AvgIpc) is 2.61. The molecule has 2 aromatic heterocycles. The molecule has 2 rings (SSSR count). The molecular formula is C10H11F2N3. The van der Waals surface area contributed by atoms with Gasteiger partial charge in [-0.2, -0.15) is 0 Å². The van der Waals surface area contributed by atoms with Crippen LogP contribution >= 0.6 is 0 Å². The smallest absolute Gasteiger partial charge is 0.276 e. The second-order valence-electron chi connectivity index (χ2n) is 3.35. The zero-order valence-corrected chi connectivity index (χ0v) is 8.00. The van der Waals surface area contributed by atoms with Gasteiger partial charge in [0.1, 0.15) is 5.65 Å². The van der Waals surface area contributed by atoms with Gasteiger partial charge in [-0.05, 0) is 18.7 Å². The van der Waals surface area contributed by atoms with E-state index in [1.54, 1.807) is 18.3 Å². The largest absolute Gasteiger partial charge is 0.346 e. The number of alkyl halides is 2. The number of H-pyrrole nitrogens is 1. The van der Waals surface area contributed by atoms with Crippen LogP contribution in [0.5, 0.6) is 0 Å². The summed E-state index contributed by atoms with van der Waals surface area (Å²) in [5.74, 6) is -2.89. The lowest BCUT2D eigenvalue weighted by molar-refractivity contribution is -0.00912. The van der Waals surface area contributed by atoms with Gasteiger partial charge in [-0.15, -0.1) is 0 Å². The first-order chi connectivity index (χ1) is 7.15. The molecule has 3 N–H and O–H groups in total. The molecule has 0 saturated heterocycles. The summed E-state index contributed by atoms with van der Waals surface area (Å²) in [6.45, 7) is -0.0417. The maximum Gasteiger partial charge on any atom is 0.276 e. The molecule has 0 aliphatic carbocycles. The summed E-state index contributed by atoms with van der Waals surface area (Å²) in [5, 5.41) is 0.455. The predicted octanol–water partition coefficient (Wildman–Crippen LogP) is 2.00. The van der Waals surface area contributed by atoms with Crippen molar-refractivity contribution in [2.75, 3.05) is 6.54 Å². The highest BCUT2D eigenvalue weighted by Crippen LogP contribution is 2.35. The van der Waals surface area contributed by atoms with Crippen LogP contribution in [0.25, 0.3) is 11.0 Å². The molecule has 2 aromatic rings. The van der Waals surface area contributed by atoms with Gasteiger partial charge in [0.25, 0.3) is 5.92 Å². The summed E-state index contributed by atoms with van der Waals surface area (Å²) in [6.07, 6.45) is 2.51. The molecule has 0 unspecified atom stereocenters. The molecule has 0 atom stereocenters. The second-order valence-corrected chi connectivity index (χ2v) is 3.35. The molecule has 0 aliphatic heterocycles. The van der Waals surface area contributed by atoms with Crippen LogP contribution in [-0.4, -0.2) is 16.5 Å². The number of nitrogens with one attached hydrogen (secondary N) is 1. The van der Waals surface area contributed by atoms with E-state index in [0.717, 1.165) is 0 Å². The topological polar surface area (TPSA) is 54.7 Å². The number of hydrogen-bond donors (Lipinski definition) is 2. The highest BCUT2D eigenvalue weighted by Gasteiger charge is 2.33. The number of aromatic nitrogens is 2. The molecule has 0 aliphatic rings. The number of pyridine rings is 1. The lowest BCUT2D eigenvalue weighted by Gasteiger charge is -2.13. The Morgan fingerprint density at radius 3 is 3.00 bits per heavy atom. The summed E-state index contributed by atoms with van der Waals surface area (Å²) in [6, 6.07) is 3.26. The Kier molecular flexibility index (Phi) is 2.40. The van der Waals surface area contributed by atoms with Crippen LogP contribution in [0.15, 0.2) is 24.5 Å². The summed E-state index contributed by atoms with van der Waals surface area (Å²) in [7, 11) is 0. The van der Waals surface area contributed by atoms with Gasteiger partial charge in [0.15, 0.2) is 0 Å². The Labute approximate surface area is 85.3 Å².